The van der Waals surface area contributed by atoms with Crippen LogP contribution in [0.3, 0.4) is 0 Å². The molecular weight excluding hydrogens is 374 g/mol. The summed E-state index contributed by atoms with van der Waals surface area (Å²) in [5.41, 5.74) is 7.78. The number of rotatable bonds is 3. The van der Waals surface area contributed by atoms with E-state index in [9.17, 15) is 0 Å². The van der Waals surface area contributed by atoms with Crippen molar-refractivity contribution in [1.82, 2.24) is 4.57 Å². The predicted octanol–water partition coefficient (Wildman–Crippen LogP) is 8.30. The highest BCUT2D eigenvalue weighted by Gasteiger charge is 2.22. The highest BCUT2D eigenvalue weighted by atomic mass is 15.0. The van der Waals surface area contributed by atoms with Gasteiger partial charge in [0, 0.05) is 33.8 Å². The third-order valence-electron chi connectivity index (χ3n) is 6.36. The normalized spacial score (nSPS) is 11.5. The lowest BCUT2D eigenvalue weighted by Crippen LogP contribution is -1.96. The fraction of sp³-hybridized carbons (Fsp3) is 0.0667. The molecule has 6 rings (SSSR count). The van der Waals surface area contributed by atoms with Crippen LogP contribution in [0.2, 0.25) is 0 Å². The molecule has 0 aliphatic rings. The molecule has 0 aliphatic carbocycles. The fourth-order valence-electron chi connectivity index (χ4n) is 5.13. The van der Waals surface area contributed by atoms with Gasteiger partial charge in [0.25, 0.3) is 0 Å². The quantitative estimate of drug-likeness (QED) is 0.283. The largest absolute Gasteiger partial charge is 0.340 e. The first-order valence-corrected chi connectivity index (χ1v) is 10.9. The highest BCUT2D eigenvalue weighted by Crippen LogP contribution is 2.47. The number of fused-ring (bicyclic) bond motifs is 5. The Morgan fingerprint density at radius 3 is 1.68 bits per heavy atom. The van der Waals surface area contributed by atoms with Gasteiger partial charge in [-0.1, -0.05) is 103 Å². The van der Waals surface area contributed by atoms with Gasteiger partial charge < -0.3 is 4.57 Å². The molecule has 0 atom stereocenters. The summed E-state index contributed by atoms with van der Waals surface area (Å²) in [5, 5.41) is 5.29. The lowest BCUT2D eigenvalue weighted by Gasteiger charge is -2.18. The van der Waals surface area contributed by atoms with Crippen molar-refractivity contribution in [2.45, 2.75) is 13.5 Å². The summed E-state index contributed by atoms with van der Waals surface area (Å²) in [7, 11) is 0. The van der Waals surface area contributed by atoms with Gasteiger partial charge in [-0.3, -0.25) is 0 Å². The van der Waals surface area contributed by atoms with Gasteiger partial charge in [-0.2, -0.15) is 0 Å². The van der Waals surface area contributed by atoms with Crippen molar-refractivity contribution in [3.63, 3.8) is 0 Å². The molecule has 1 heterocycles. The van der Waals surface area contributed by atoms with Crippen molar-refractivity contribution >= 4 is 32.6 Å². The van der Waals surface area contributed by atoms with E-state index in [1.807, 2.05) is 0 Å². The van der Waals surface area contributed by atoms with Crippen molar-refractivity contribution < 1.29 is 0 Å². The Hall–Kier alpha value is -3.84. The lowest BCUT2D eigenvalue weighted by atomic mass is 9.86. The van der Waals surface area contributed by atoms with E-state index in [1.165, 1.54) is 54.8 Å². The molecule has 0 bridgehead atoms. The van der Waals surface area contributed by atoms with Crippen LogP contribution in [0, 0.1) is 0 Å². The Labute approximate surface area is 182 Å². The molecule has 0 radical (unpaired) electrons. The molecule has 6 aromatic rings. The van der Waals surface area contributed by atoms with Crippen LogP contribution >= 0.6 is 0 Å². The minimum atomic E-state index is 0.937. The fourth-order valence-corrected chi connectivity index (χ4v) is 5.13. The Morgan fingerprint density at radius 2 is 1.03 bits per heavy atom. The van der Waals surface area contributed by atoms with Crippen LogP contribution < -0.4 is 0 Å². The molecule has 0 fully saturated rings. The molecule has 0 saturated heterocycles. The van der Waals surface area contributed by atoms with Gasteiger partial charge in [-0.15, -0.1) is 0 Å². The van der Waals surface area contributed by atoms with E-state index in [4.69, 9.17) is 0 Å². The van der Waals surface area contributed by atoms with Crippen molar-refractivity contribution in [3.05, 3.63) is 109 Å². The Bertz CT molecular complexity index is 1540. The molecule has 0 aliphatic heterocycles. The van der Waals surface area contributed by atoms with Gasteiger partial charge in [0.1, 0.15) is 0 Å². The molecule has 1 aromatic heterocycles. The number of hydrogen-bond acceptors (Lipinski definition) is 0. The smallest absolute Gasteiger partial charge is 0.0577 e. The van der Waals surface area contributed by atoms with E-state index in [1.54, 1.807) is 0 Å². The number of para-hydroxylation sites is 1. The molecule has 148 valence electrons. The minimum absolute atomic E-state index is 0.937. The molecule has 0 amide bonds. The van der Waals surface area contributed by atoms with Gasteiger partial charge >= 0.3 is 0 Å². The minimum Gasteiger partial charge on any atom is -0.340 e. The number of hydrogen-bond donors (Lipinski definition) is 0. The van der Waals surface area contributed by atoms with E-state index in [2.05, 4.69) is 121 Å². The standard InChI is InChI=1S/C30H23N/c1-2-31-26-20-12-11-19-25(26)29-28(22-15-7-4-8-16-22)27(21-13-5-3-6-14-21)23-17-9-10-18-24(23)30(29)31/h3-20H,2H2,1H3. The highest BCUT2D eigenvalue weighted by molar-refractivity contribution is 6.28. The Morgan fingerprint density at radius 1 is 0.516 bits per heavy atom. The second kappa shape index (κ2) is 7.14. The summed E-state index contributed by atoms with van der Waals surface area (Å²) < 4.78 is 2.48. The zero-order valence-electron chi connectivity index (χ0n) is 17.5. The zero-order valence-corrected chi connectivity index (χ0v) is 17.5. The first-order valence-electron chi connectivity index (χ1n) is 10.9. The molecule has 31 heavy (non-hydrogen) atoms. The van der Waals surface area contributed by atoms with Crippen LogP contribution in [0.25, 0.3) is 54.8 Å². The van der Waals surface area contributed by atoms with Crippen LogP contribution in [-0.2, 0) is 6.54 Å². The Balaban J connectivity index is 1.97. The van der Waals surface area contributed by atoms with E-state index in [0.29, 0.717) is 0 Å². The summed E-state index contributed by atoms with van der Waals surface area (Å²) >= 11 is 0. The van der Waals surface area contributed by atoms with Crippen LogP contribution in [0.4, 0.5) is 0 Å². The first kappa shape index (κ1) is 18.0. The summed E-state index contributed by atoms with van der Waals surface area (Å²) in [5.74, 6) is 0. The predicted molar refractivity (Wildman–Crippen MR) is 133 cm³/mol. The summed E-state index contributed by atoms with van der Waals surface area (Å²) in [6.07, 6.45) is 0. The third-order valence-corrected chi connectivity index (χ3v) is 6.36. The van der Waals surface area contributed by atoms with Crippen molar-refractivity contribution in [2.24, 2.45) is 0 Å². The zero-order chi connectivity index (χ0) is 20.8. The van der Waals surface area contributed by atoms with Gasteiger partial charge in [-0.25, -0.2) is 0 Å². The average molecular weight is 398 g/mol. The van der Waals surface area contributed by atoms with Gasteiger partial charge in [0.15, 0.2) is 0 Å². The van der Waals surface area contributed by atoms with Crippen LogP contribution in [0.1, 0.15) is 6.92 Å². The van der Waals surface area contributed by atoms with Crippen LogP contribution in [0.15, 0.2) is 109 Å². The molecule has 0 N–H and O–H groups in total. The van der Waals surface area contributed by atoms with Gasteiger partial charge in [0.2, 0.25) is 0 Å². The number of benzene rings is 5. The summed E-state index contributed by atoms with van der Waals surface area (Å²) in [6.45, 7) is 3.18. The average Bonchev–Trinajstić information content (AvgIpc) is 3.19. The summed E-state index contributed by atoms with van der Waals surface area (Å²) in [4.78, 5) is 0. The van der Waals surface area contributed by atoms with E-state index in [-0.39, 0.29) is 0 Å². The van der Waals surface area contributed by atoms with E-state index in [0.717, 1.165) is 6.54 Å². The van der Waals surface area contributed by atoms with E-state index < -0.39 is 0 Å². The Kier molecular flexibility index (Phi) is 4.14. The van der Waals surface area contributed by atoms with Crippen molar-refractivity contribution in [2.75, 3.05) is 0 Å². The molecule has 0 saturated carbocycles. The molecule has 1 nitrogen and oxygen atoms in total. The second-order valence-corrected chi connectivity index (χ2v) is 8.01. The molecule has 5 aromatic carbocycles. The third kappa shape index (κ3) is 2.63. The number of aryl methyl sites for hydroxylation is 1. The van der Waals surface area contributed by atoms with Crippen molar-refractivity contribution in [3.8, 4) is 22.3 Å². The maximum Gasteiger partial charge on any atom is 0.0577 e. The first-order chi connectivity index (χ1) is 15.4. The van der Waals surface area contributed by atoms with Crippen LogP contribution in [0.5, 0.6) is 0 Å². The van der Waals surface area contributed by atoms with E-state index >= 15 is 0 Å². The molecule has 0 unspecified atom stereocenters. The number of aromatic nitrogens is 1. The second-order valence-electron chi connectivity index (χ2n) is 8.01. The molecule has 1 heteroatoms. The lowest BCUT2D eigenvalue weighted by molar-refractivity contribution is 0.829. The van der Waals surface area contributed by atoms with Gasteiger partial charge in [-0.05, 0) is 35.1 Å². The van der Waals surface area contributed by atoms with Crippen molar-refractivity contribution in [1.29, 1.82) is 0 Å². The van der Waals surface area contributed by atoms with Gasteiger partial charge in [0.05, 0.1) is 5.52 Å². The molecule has 0 spiro atoms. The van der Waals surface area contributed by atoms with Crippen LogP contribution in [-0.4, -0.2) is 4.57 Å². The number of nitrogens with zero attached hydrogens (tertiary/aromatic N) is 1. The maximum atomic E-state index is 2.48. The maximum absolute atomic E-state index is 2.48. The monoisotopic (exact) mass is 397 g/mol. The topological polar surface area (TPSA) is 4.93 Å². The SMILES string of the molecule is CCn1c2ccccc2c2c(-c3ccccc3)c(-c3ccccc3)c3ccccc3c21. The molecular formula is C30H23N. The summed E-state index contributed by atoms with van der Waals surface area (Å²) in [6, 6.07) is 39.4.